The van der Waals surface area contributed by atoms with Crippen LogP contribution in [0.25, 0.3) is 5.69 Å². The number of aromatic nitrogens is 4. The van der Waals surface area contributed by atoms with Gasteiger partial charge in [0.1, 0.15) is 0 Å². The average molecular weight is 403 g/mol. The first-order chi connectivity index (χ1) is 12.8. The van der Waals surface area contributed by atoms with E-state index in [2.05, 4.69) is 15.0 Å². The van der Waals surface area contributed by atoms with Crippen LogP contribution in [0.3, 0.4) is 0 Å². The molecular weight excluding hydrogens is 384 g/mol. The summed E-state index contributed by atoms with van der Waals surface area (Å²) in [5.74, 6) is 0.0435. The van der Waals surface area contributed by atoms with Crippen molar-refractivity contribution in [3.05, 3.63) is 52.3 Å². The number of nitrogens with zero attached hydrogens (tertiary/aromatic N) is 4. The van der Waals surface area contributed by atoms with E-state index in [0.717, 1.165) is 17.1 Å². The van der Waals surface area contributed by atoms with E-state index in [4.69, 9.17) is 23.1 Å². The van der Waals surface area contributed by atoms with Crippen molar-refractivity contribution in [3.63, 3.8) is 0 Å². The maximum Gasteiger partial charge on any atom is 0.225 e. The molecule has 27 heavy (non-hydrogen) atoms. The number of hydrogen-bond donors (Lipinski definition) is 2. The number of ketones is 1. The Morgan fingerprint density at radius 2 is 1.70 bits per heavy atom. The number of thioether (sulfide) groups is 1. The van der Waals surface area contributed by atoms with Crippen LogP contribution in [0.5, 0.6) is 0 Å². The molecule has 1 atom stereocenters. The van der Waals surface area contributed by atoms with Gasteiger partial charge in [0.05, 0.1) is 5.25 Å². The molecule has 0 saturated heterocycles. The zero-order valence-corrected chi connectivity index (χ0v) is 16.7. The zero-order chi connectivity index (χ0) is 19.7. The quantitative estimate of drug-likeness (QED) is 0.496. The highest BCUT2D eigenvalue weighted by Gasteiger charge is 2.23. The molecule has 7 nitrogen and oxygen atoms in total. The Morgan fingerprint density at radius 3 is 2.30 bits per heavy atom. The van der Waals surface area contributed by atoms with Gasteiger partial charge in [-0.05, 0) is 51.1 Å². The van der Waals surface area contributed by atoms with Gasteiger partial charge in [0.2, 0.25) is 11.9 Å². The maximum atomic E-state index is 13.0. The molecule has 2 heterocycles. The van der Waals surface area contributed by atoms with Crippen LogP contribution in [0.1, 0.15) is 28.7 Å². The van der Waals surface area contributed by atoms with Crippen molar-refractivity contribution < 1.29 is 4.79 Å². The molecule has 4 N–H and O–H groups in total. The van der Waals surface area contributed by atoms with Crippen LogP contribution in [-0.2, 0) is 0 Å². The molecule has 0 fully saturated rings. The van der Waals surface area contributed by atoms with Crippen molar-refractivity contribution in [2.24, 2.45) is 0 Å². The van der Waals surface area contributed by atoms with E-state index in [1.54, 1.807) is 6.92 Å². The predicted molar refractivity (Wildman–Crippen MR) is 109 cm³/mol. The average Bonchev–Trinajstić information content (AvgIpc) is 2.88. The third-order valence-corrected chi connectivity index (χ3v) is 5.30. The standard InChI is InChI=1S/C18H19ClN6OS/c1-9-8-14(10(2)25(9)13-6-4-12(19)5-7-13)15(26)11(3)27-18-23-16(20)22-17(21)24-18/h4-8,11H,1-3H3,(H4,20,21,22,23,24)/t11-/m0/s1. The number of anilines is 2. The highest BCUT2D eigenvalue weighted by Crippen LogP contribution is 2.28. The van der Waals surface area contributed by atoms with Crippen LogP contribution in [0.2, 0.25) is 5.02 Å². The van der Waals surface area contributed by atoms with E-state index >= 15 is 0 Å². The topological polar surface area (TPSA) is 113 Å². The van der Waals surface area contributed by atoms with Crippen LogP contribution in [0, 0.1) is 13.8 Å². The lowest BCUT2D eigenvalue weighted by Gasteiger charge is -2.12. The minimum absolute atomic E-state index is 0.0223. The van der Waals surface area contributed by atoms with Crippen molar-refractivity contribution in [2.45, 2.75) is 31.2 Å². The molecule has 1 aromatic carbocycles. The molecule has 2 aromatic heterocycles. The van der Waals surface area contributed by atoms with Gasteiger partial charge in [-0.3, -0.25) is 4.79 Å². The first-order valence-corrected chi connectivity index (χ1v) is 9.45. The lowest BCUT2D eigenvalue weighted by molar-refractivity contribution is 0.0993. The number of nitrogen functional groups attached to an aromatic ring is 2. The Labute approximate surface area is 166 Å². The molecule has 0 bridgehead atoms. The molecule has 0 spiro atoms. The van der Waals surface area contributed by atoms with E-state index in [0.29, 0.717) is 15.7 Å². The minimum atomic E-state index is -0.412. The zero-order valence-electron chi connectivity index (χ0n) is 15.1. The molecule has 0 aliphatic heterocycles. The van der Waals surface area contributed by atoms with E-state index < -0.39 is 5.25 Å². The Hall–Kier alpha value is -2.58. The number of carbonyl (C=O) groups excluding carboxylic acids is 1. The number of aryl methyl sites for hydroxylation is 1. The number of Topliss-reactive ketones (excluding diaryl/α,β-unsaturated/α-hetero) is 1. The first-order valence-electron chi connectivity index (χ1n) is 8.19. The van der Waals surface area contributed by atoms with Crippen LogP contribution < -0.4 is 11.5 Å². The van der Waals surface area contributed by atoms with Crippen molar-refractivity contribution in [1.29, 1.82) is 0 Å². The number of hydrogen-bond acceptors (Lipinski definition) is 7. The number of nitrogens with two attached hydrogens (primary N) is 2. The molecule has 9 heteroatoms. The fourth-order valence-electron chi connectivity index (χ4n) is 2.87. The molecule has 0 saturated carbocycles. The Balaban J connectivity index is 1.88. The summed E-state index contributed by atoms with van der Waals surface area (Å²) >= 11 is 7.17. The number of carbonyl (C=O) groups is 1. The Bertz CT molecular complexity index is 982. The third kappa shape index (κ3) is 4.06. The van der Waals surface area contributed by atoms with Crippen LogP contribution in [-0.4, -0.2) is 30.6 Å². The smallest absolute Gasteiger partial charge is 0.225 e. The summed E-state index contributed by atoms with van der Waals surface area (Å²) in [5, 5.41) is 0.580. The van der Waals surface area contributed by atoms with Crippen LogP contribution >= 0.6 is 23.4 Å². The largest absolute Gasteiger partial charge is 0.368 e. The van der Waals surface area contributed by atoms with Gasteiger partial charge in [0, 0.05) is 27.7 Å². The normalized spacial score (nSPS) is 12.1. The predicted octanol–water partition coefficient (Wildman–Crippen LogP) is 3.46. The van der Waals surface area contributed by atoms with Gasteiger partial charge < -0.3 is 16.0 Å². The molecular formula is C18H19ClN6OS. The second-order valence-corrected chi connectivity index (χ2v) is 7.80. The van der Waals surface area contributed by atoms with Gasteiger partial charge in [-0.15, -0.1) is 0 Å². The van der Waals surface area contributed by atoms with E-state index in [9.17, 15) is 4.79 Å². The molecule has 0 amide bonds. The van der Waals surface area contributed by atoms with E-state index in [1.807, 2.05) is 48.7 Å². The van der Waals surface area contributed by atoms with Gasteiger partial charge in [-0.2, -0.15) is 15.0 Å². The van der Waals surface area contributed by atoms with Crippen LogP contribution in [0.15, 0.2) is 35.5 Å². The second-order valence-electron chi connectivity index (χ2n) is 6.06. The first kappa shape index (κ1) is 19.2. The molecule has 0 unspecified atom stereocenters. The summed E-state index contributed by atoms with van der Waals surface area (Å²) in [5.41, 5.74) is 14.6. The molecule has 3 aromatic rings. The SMILES string of the molecule is Cc1cc(C(=O)[C@H](C)Sc2nc(N)nc(N)n2)c(C)n1-c1ccc(Cl)cc1. The lowest BCUT2D eigenvalue weighted by Crippen LogP contribution is -2.16. The van der Waals surface area contributed by atoms with E-state index in [1.165, 1.54) is 11.8 Å². The Morgan fingerprint density at radius 1 is 1.11 bits per heavy atom. The summed E-state index contributed by atoms with van der Waals surface area (Å²) in [7, 11) is 0. The monoisotopic (exact) mass is 402 g/mol. The highest BCUT2D eigenvalue weighted by atomic mass is 35.5. The van der Waals surface area contributed by atoms with Gasteiger partial charge in [0.25, 0.3) is 0 Å². The van der Waals surface area contributed by atoms with Crippen LogP contribution in [0.4, 0.5) is 11.9 Å². The van der Waals surface area contributed by atoms with Gasteiger partial charge in [-0.1, -0.05) is 23.4 Å². The van der Waals surface area contributed by atoms with Crippen molar-refractivity contribution in [2.75, 3.05) is 11.5 Å². The molecule has 140 valence electrons. The van der Waals surface area contributed by atoms with Crippen molar-refractivity contribution in [1.82, 2.24) is 19.5 Å². The van der Waals surface area contributed by atoms with Crippen molar-refractivity contribution in [3.8, 4) is 5.69 Å². The summed E-state index contributed by atoms with van der Waals surface area (Å²) in [4.78, 5) is 24.8. The summed E-state index contributed by atoms with van der Waals surface area (Å²) < 4.78 is 2.03. The molecule has 0 aliphatic rings. The Kier molecular flexibility index (Phi) is 5.38. The lowest BCUT2D eigenvalue weighted by atomic mass is 10.1. The fourth-order valence-corrected chi connectivity index (χ4v) is 3.84. The number of benzene rings is 1. The van der Waals surface area contributed by atoms with Gasteiger partial charge in [-0.25, -0.2) is 0 Å². The molecule has 3 rings (SSSR count). The molecule has 0 aliphatic carbocycles. The number of halogens is 1. The highest BCUT2D eigenvalue weighted by molar-refractivity contribution is 8.00. The van der Waals surface area contributed by atoms with Gasteiger partial charge in [0.15, 0.2) is 10.9 Å². The third-order valence-electron chi connectivity index (χ3n) is 4.08. The van der Waals surface area contributed by atoms with Crippen molar-refractivity contribution >= 4 is 41.0 Å². The summed E-state index contributed by atoms with van der Waals surface area (Å²) in [6.07, 6.45) is 0. The second kappa shape index (κ2) is 7.58. The van der Waals surface area contributed by atoms with Gasteiger partial charge >= 0.3 is 0 Å². The van der Waals surface area contributed by atoms with E-state index in [-0.39, 0.29) is 17.7 Å². The number of rotatable bonds is 5. The molecule has 0 radical (unpaired) electrons. The summed E-state index contributed by atoms with van der Waals surface area (Å²) in [6.45, 7) is 5.69. The maximum absolute atomic E-state index is 13.0. The summed E-state index contributed by atoms with van der Waals surface area (Å²) in [6, 6.07) is 9.38. The fraction of sp³-hybridized carbons (Fsp3) is 0.222. The minimum Gasteiger partial charge on any atom is -0.368 e.